The first-order chi connectivity index (χ1) is 15.8. The van der Waals surface area contributed by atoms with Crippen molar-refractivity contribution < 1.29 is 4.42 Å². The van der Waals surface area contributed by atoms with Gasteiger partial charge in [0, 0.05) is 19.7 Å². The minimum absolute atomic E-state index is 0.943. The van der Waals surface area contributed by atoms with Gasteiger partial charge in [-0.05, 0) is 97.0 Å². The Balaban J connectivity index is 1.64. The number of fused-ring (bicyclic) bond motifs is 9. The molecular formula is C30H17IO. The van der Waals surface area contributed by atoms with Crippen LogP contribution in [0.3, 0.4) is 0 Å². The van der Waals surface area contributed by atoms with Crippen LogP contribution in [-0.4, -0.2) is 0 Å². The van der Waals surface area contributed by atoms with E-state index in [0.29, 0.717) is 0 Å². The van der Waals surface area contributed by atoms with Gasteiger partial charge in [-0.15, -0.1) is 0 Å². The fourth-order valence-electron chi connectivity index (χ4n) is 4.96. The molecule has 150 valence electrons. The van der Waals surface area contributed by atoms with E-state index in [9.17, 15) is 0 Å². The van der Waals surface area contributed by atoms with Crippen molar-refractivity contribution in [2.24, 2.45) is 0 Å². The van der Waals surface area contributed by atoms with Gasteiger partial charge in [-0.1, -0.05) is 66.7 Å². The molecule has 1 aromatic heterocycles. The van der Waals surface area contributed by atoms with E-state index in [1.807, 2.05) is 0 Å². The highest BCUT2D eigenvalue weighted by Gasteiger charge is 2.16. The van der Waals surface area contributed by atoms with E-state index in [0.717, 1.165) is 16.6 Å². The lowest BCUT2D eigenvalue weighted by molar-refractivity contribution is 0.673. The molecule has 0 aliphatic carbocycles. The molecule has 2 heteroatoms. The average Bonchev–Trinajstić information content (AvgIpc) is 3.21. The van der Waals surface area contributed by atoms with E-state index in [1.165, 1.54) is 52.4 Å². The van der Waals surface area contributed by atoms with E-state index in [4.69, 9.17) is 4.42 Å². The first kappa shape index (κ1) is 18.2. The van der Waals surface area contributed by atoms with E-state index in [-0.39, 0.29) is 0 Å². The second kappa shape index (κ2) is 6.81. The number of hydrogen-bond acceptors (Lipinski definition) is 1. The van der Waals surface area contributed by atoms with Crippen molar-refractivity contribution in [1.29, 1.82) is 0 Å². The van der Waals surface area contributed by atoms with Crippen LogP contribution in [0.4, 0.5) is 0 Å². The van der Waals surface area contributed by atoms with Crippen molar-refractivity contribution in [3.8, 4) is 11.1 Å². The van der Waals surface area contributed by atoms with Gasteiger partial charge in [-0.3, -0.25) is 0 Å². The zero-order valence-corrected chi connectivity index (χ0v) is 19.3. The fraction of sp³-hybridized carbons (Fsp3) is 0. The molecule has 32 heavy (non-hydrogen) atoms. The Morgan fingerprint density at radius 1 is 0.500 bits per heavy atom. The molecule has 0 aliphatic rings. The van der Waals surface area contributed by atoms with Gasteiger partial charge in [0.15, 0.2) is 0 Å². The lowest BCUT2D eigenvalue weighted by atomic mass is 9.94. The molecule has 0 spiro atoms. The van der Waals surface area contributed by atoms with Crippen LogP contribution in [-0.2, 0) is 0 Å². The van der Waals surface area contributed by atoms with Gasteiger partial charge in [0.05, 0.1) is 0 Å². The molecule has 0 unspecified atom stereocenters. The van der Waals surface area contributed by atoms with Gasteiger partial charge in [0.2, 0.25) is 0 Å². The highest BCUT2D eigenvalue weighted by molar-refractivity contribution is 14.1. The molecule has 6 aromatic carbocycles. The standard InChI is InChI=1S/C30H17IO/c31-22-12-9-18(10-13-22)21-11-14-25-26(15-21)23-7-3-4-8-24(23)29-27-16-19-5-1-2-6-20(19)17-28(27)32-30(25)29/h1-17H. The summed E-state index contributed by atoms with van der Waals surface area (Å²) in [6.07, 6.45) is 0. The predicted octanol–water partition coefficient (Wildman–Crippen LogP) is 9.32. The number of benzene rings is 6. The summed E-state index contributed by atoms with van der Waals surface area (Å²) in [5, 5.41) is 9.71. The molecule has 0 saturated heterocycles. The normalized spacial score (nSPS) is 11.9. The van der Waals surface area contributed by atoms with Crippen molar-refractivity contribution >= 4 is 76.8 Å². The zero-order chi connectivity index (χ0) is 21.2. The van der Waals surface area contributed by atoms with Crippen LogP contribution in [0.25, 0.3) is 65.4 Å². The molecule has 0 fully saturated rings. The summed E-state index contributed by atoms with van der Waals surface area (Å²) in [5.41, 5.74) is 4.36. The molecule has 0 saturated carbocycles. The Kier molecular flexibility index (Phi) is 3.88. The number of rotatable bonds is 1. The molecule has 0 N–H and O–H groups in total. The largest absolute Gasteiger partial charge is 0.455 e. The molecular weight excluding hydrogens is 503 g/mol. The fourth-order valence-corrected chi connectivity index (χ4v) is 5.32. The minimum atomic E-state index is 0.943. The zero-order valence-electron chi connectivity index (χ0n) is 17.1. The van der Waals surface area contributed by atoms with Crippen molar-refractivity contribution in [2.45, 2.75) is 0 Å². The topological polar surface area (TPSA) is 13.1 Å². The van der Waals surface area contributed by atoms with Gasteiger partial charge in [-0.25, -0.2) is 0 Å². The third kappa shape index (κ3) is 2.63. The maximum Gasteiger partial charge on any atom is 0.143 e. The van der Waals surface area contributed by atoms with Gasteiger partial charge >= 0.3 is 0 Å². The molecule has 7 rings (SSSR count). The van der Waals surface area contributed by atoms with Crippen molar-refractivity contribution in [3.05, 3.63) is 107 Å². The summed E-state index contributed by atoms with van der Waals surface area (Å²) in [4.78, 5) is 0. The number of furan rings is 1. The molecule has 0 amide bonds. The lowest BCUT2D eigenvalue weighted by Gasteiger charge is -2.09. The van der Waals surface area contributed by atoms with Crippen LogP contribution in [0.2, 0.25) is 0 Å². The summed E-state index contributed by atoms with van der Waals surface area (Å²) in [6.45, 7) is 0. The van der Waals surface area contributed by atoms with Gasteiger partial charge in [0.1, 0.15) is 11.2 Å². The quantitative estimate of drug-likeness (QED) is 0.155. The average molecular weight is 520 g/mol. The maximum absolute atomic E-state index is 6.54. The van der Waals surface area contributed by atoms with Crippen LogP contribution in [0.5, 0.6) is 0 Å². The monoisotopic (exact) mass is 520 g/mol. The molecule has 0 aliphatic heterocycles. The Bertz CT molecular complexity index is 1820. The Hall–Kier alpha value is -3.37. The van der Waals surface area contributed by atoms with E-state index in [1.54, 1.807) is 0 Å². The second-order valence-electron chi connectivity index (χ2n) is 8.31. The third-order valence-corrected chi connectivity index (χ3v) is 7.20. The molecule has 0 bridgehead atoms. The summed E-state index contributed by atoms with van der Waals surface area (Å²) < 4.78 is 7.79. The highest BCUT2D eigenvalue weighted by Crippen LogP contribution is 2.42. The Morgan fingerprint density at radius 2 is 1.19 bits per heavy atom. The van der Waals surface area contributed by atoms with Gasteiger partial charge < -0.3 is 4.42 Å². The first-order valence-electron chi connectivity index (χ1n) is 10.7. The van der Waals surface area contributed by atoms with E-state index >= 15 is 0 Å². The number of halogens is 1. The van der Waals surface area contributed by atoms with Crippen LogP contribution < -0.4 is 0 Å². The Morgan fingerprint density at radius 3 is 2.00 bits per heavy atom. The summed E-state index contributed by atoms with van der Waals surface area (Å²) in [7, 11) is 0. The molecule has 7 aromatic rings. The molecule has 1 nitrogen and oxygen atoms in total. The lowest BCUT2D eigenvalue weighted by Crippen LogP contribution is -1.83. The predicted molar refractivity (Wildman–Crippen MR) is 144 cm³/mol. The van der Waals surface area contributed by atoms with Crippen LogP contribution in [0.15, 0.2) is 108 Å². The minimum Gasteiger partial charge on any atom is -0.455 e. The third-order valence-electron chi connectivity index (χ3n) is 6.48. The Labute approximate surface area is 198 Å². The molecule has 0 radical (unpaired) electrons. The summed E-state index contributed by atoms with van der Waals surface area (Å²) >= 11 is 2.35. The van der Waals surface area contributed by atoms with Crippen LogP contribution in [0.1, 0.15) is 0 Å². The number of hydrogen-bond donors (Lipinski definition) is 0. The molecule has 0 atom stereocenters. The summed E-state index contributed by atoms with van der Waals surface area (Å²) in [5.74, 6) is 0. The first-order valence-corrected chi connectivity index (χ1v) is 11.8. The summed E-state index contributed by atoms with van der Waals surface area (Å²) in [6, 6.07) is 37.1. The van der Waals surface area contributed by atoms with E-state index < -0.39 is 0 Å². The van der Waals surface area contributed by atoms with Crippen LogP contribution in [0, 0.1) is 3.57 Å². The van der Waals surface area contributed by atoms with Crippen molar-refractivity contribution in [3.63, 3.8) is 0 Å². The van der Waals surface area contributed by atoms with Crippen LogP contribution >= 0.6 is 22.6 Å². The van der Waals surface area contributed by atoms with Crippen molar-refractivity contribution in [1.82, 2.24) is 0 Å². The van der Waals surface area contributed by atoms with Gasteiger partial charge in [-0.2, -0.15) is 0 Å². The smallest absolute Gasteiger partial charge is 0.143 e. The van der Waals surface area contributed by atoms with Crippen molar-refractivity contribution in [2.75, 3.05) is 0 Å². The second-order valence-corrected chi connectivity index (χ2v) is 9.56. The SMILES string of the molecule is Ic1ccc(-c2ccc3c(c2)c2ccccc2c2c4cc5ccccc5cc4oc32)cc1. The van der Waals surface area contributed by atoms with Gasteiger partial charge in [0.25, 0.3) is 0 Å². The molecule has 1 heterocycles. The maximum atomic E-state index is 6.54. The highest BCUT2D eigenvalue weighted by atomic mass is 127. The van der Waals surface area contributed by atoms with E-state index in [2.05, 4.69) is 126 Å².